The average Bonchev–Trinajstić information content (AvgIpc) is 2.68. The Kier molecular flexibility index (Phi) is 3.47. The summed E-state index contributed by atoms with van der Waals surface area (Å²) in [6, 6.07) is 0. The first-order chi connectivity index (χ1) is 8.75. The Morgan fingerprint density at radius 2 is 1.95 bits per heavy atom. The highest BCUT2D eigenvalue weighted by atomic mass is 16.6. The van der Waals surface area contributed by atoms with Crippen LogP contribution < -0.4 is 0 Å². The second-order valence-corrected chi connectivity index (χ2v) is 6.25. The summed E-state index contributed by atoms with van der Waals surface area (Å²) in [6.45, 7) is 6.83. The van der Waals surface area contributed by atoms with Gasteiger partial charge in [-0.15, -0.1) is 0 Å². The van der Waals surface area contributed by atoms with Crippen LogP contribution in [0, 0.1) is 5.92 Å². The van der Waals surface area contributed by atoms with E-state index in [0.717, 1.165) is 0 Å². The smallest absolute Gasteiger partial charge is 0.410 e. The number of likely N-dealkylation sites (tertiary alicyclic amines) is 1. The van der Waals surface area contributed by atoms with Crippen LogP contribution in [0.25, 0.3) is 0 Å². The Labute approximate surface area is 113 Å². The number of nitrogens with zero attached hydrogens (tertiary/aromatic N) is 1. The topological polar surface area (TPSA) is 65.1 Å². The van der Waals surface area contributed by atoms with Crippen molar-refractivity contribution in [2.45, 2.75) is 38.4 Å². The van der Waals surface area contributed by atoms with Crippen LogP contribution in [0.5, 0.6) is 0 Å². The van der Waals surface area contributed by atoms with Crippen LogP contribution in [0.3, 0.4) is 0 Å². The standard InChI is InChI=1S/C13H21NO5/c1-12(2,3)19-11(16)14-7-13(8-14)5-9(6-18-13)10(15)17-4/h9H,5-8H2,1-4H3. The molecule has 2 rings (SSSR count). The zero-order valence-corrected chi connectivity index (χ0v) is 11.9. The maximum Gasteiger partial charge on any atom is 0.410 e. The summed E-state index contributed by atoms with van der Waals surface area (Å²) in [7, 11) is 1.38. The number of ether oxygens (including phenoxy) is 3. The molecule has 19 heavy (non-hydrogen) atoms. The van der Waals surface area contributed by atoms with Crippen molar-refractivity contribution >= 4 is 12.1 Å². The van der Waals surface area contributed by atoms with E-state index in [1.165, 1.54) is 7.11 Å². The quantitative estimate of drug-likeness (QED) is 0.670. The third-order valence-corrected chi connectivity index (χ3v) is 3.35. The lowest BCUT2D eigenvalue weighted by Crippen LogP contribution is -2.63. The number of esters is 1. The lowest BCUT2D eigenvalue weighted by Gasteiger charge is -2.46. The Balaban J connectivity index is 1.83. The van der Waals surface area contributed by atoms with Crippen LogP contribution in [-0.2, 0) is 19.0 Å². The van der Waals surface area contributed by atoms with Crippen molar-refractivity contribution in [3.8, 4) is 0 Å². The fraction of sp³-hybridized carbons (Fsp3) is 0.846. The molecule has 2 aliphatic heterocycles. The molecule has 0 aromatic rings. The third kappa shape index (κ3) is 3.00. The van der Waals surface area contributed by atoms with Gasteiger partial charge in [0.15, 0.2) is 0 Å². The molecule has 0 saturated carbocycles. The van der Waals surface area contributed by atoms with Crippen molar-refractivity contribution in [2.24, 2.45) is 5.92 Å². The molecule has 0 bridgehead atoms. The molecule has 6 heteroatoms. The second kappa shape index (κ2) is 4.67. The number of hydrogen-bond acceptors (Lipinski definition) is 5. The van der Waals surface area contributed by atoms with E-state index in [1.807, 2.05) is 20.8 Å². The molecule has 1 unspecified atom stereocenters. The molecule has 1 amide bonds. The first-order valence-electron chi connectivity index (χ1n) is 6.44. The molecule has 2 saturated heterocycles. The maximum atomic E-state index is 11.8. The van der Waals surface area contributed by atoms with Crippen molar-refractivity contribution in [3.63, 3.8) is 0 Å². The van der Waals surface area contributed by atoms with Gasteiger partial charge in [-0.05, 0) is 27.2 Å². The van der Waals surface area contributed by atoms with Crippen molar-refractivity contribution in [2.75, 3.05) is 26.8 Å². The van der Waals surface area contributed by atoms with E-state index in [-0.39, 0.29) is 23.6 Å². The van der Waals surface area contributed by atoms with Gasteiger partial charge in [-0.3, -0.25) is 4.79 Å². The minimum absolute atomic E-state index is 0.217. The molecule has 0 aromatic heterocycles. The van der Waals surface area contributed by atoms with Crippen molar-refractivity contribution in [3.05, 3.63) is 0 Å². The SMILES string of the molecule is COC(=O)C1COC2(C1)CN(C(=O)OC(C)(C)C)C2. The van der Waals surface area contributed by atoms with Gasteiger partial charge >= 0.3 is 12.1 Å². The van der Waals surface area contributed by atoms with E-state index in [4.69, 9.17) is 14.2 Å². The van der Waals surface area contributed by atoms with E-state index < -0.39 is 5.60 Å². The Bertz CT molecular complexity index is 381. The van der Waals surface area contributed by atoms with E-state index >= 15 is 0 Å². The minimum atomic E-state index is -0.495. The van der Waals surface area contributed by atoms with E-state index in [1.54, 1.807) is 4.90 Å². The Morgan fingerprint density at radius 1 is 1.32 bits per heavy atom. The van der Waals surface area contributed by atoms with Gasteiger partial charge in [-0.1, -0.05) is 0 Å². The molecule has 0 radical (unpaired) electrons. The molecule has 0 aromatic carbocycles. The average molecular weight is 271 g/mol. The molecular formula is C13H21NO5. The molecule has 0 N–H and O–H groups in total. The summed E-state index contributed by atoms with van der Waals surface area (Å²) < 4.78 is 15.7. The van der Waals surface area contributed by atoms with E-state index in [9.17, 15) is 9.59 Å². The van der Waals surface area contributed by atoms with Gasteiger partial charge in [0, 0.05) is 0 Å². The monoisotopic (exact) mass is 271 g/mol. The van der Waals surface area contributed by atoms with Crippen LogP contribution in [-0.4, -0.2) is 55.0 Å². The zero-order valence-electron chi connectivity index (χ0n) is 11.9. The third-order valence-electron chi connectivity index (χ3n) is 3.35. The van der Waals surface area contributed by atoms with Gasteiger partial charge in [0.25, 0.3) is 0 Å². The van der Waals surface area contributed by atoms with Gasteiger partial charge in [0.05, 0.1) is 32.7 Å². The fourth-order valence-electron chi connectivity index (χ4n) is 2.49. The van der Waals surface area contributed by atoms with Crippen LogP contribution in [0.4, 0.5) is 4.79 Å². The molecule has 1 spiro atoms. The Hall–Kier alpha value is -1.30. The lowest BCUT2D eigenvalue weighted by molar-refractivity contribution is -0.145. The molecular weight excluding hydrogens is 250 g/mol. The van der Waals surface area contributed by atoms with Crippen molar-refractivity contribution in [1.82, 2.24) is 4.90 Å². The zero-order chi connectivity index (χ0) is 14.3. The molecule has 2 aliphatic rings. The molecule has 6 nitrogen and oxygen atoms in total. The van der Waals surface area contributed by atoms with Crippen LogP contribution in [0.1, 0.15) is 27.2 Å². The van der Waals surface area contributed by atoms with Crippen LogP contribution >= 0.6 is 0 Å². The maximum absolute atomic E-state index is 11.8. The van der Waals surface area contributed by atoms with Gasteiger partial charge in [-0.25, -0.2) is 4.79 Å². The largest absolute Gasteiger partial charge is 0.469 e. The highest BCUT2D eigenvalue weighted by Crippen LogP contribution is 2.38. The number of carbonyl (C=O) groups excluding carboxylic acids is 2. The lowest BCUT2D eigenvalue weighted by atomic mass is 9.87. The van der Waals surface area contributed by atoms with Crippen LogP contribution in [0.2, 0.25) is 0 Å². The molecule has 1 atom stereocenters. The number of carbonyl (C=O) groups is 2. The fourth-order valence-corrected chi connectivity index (χ4v) is 2.49. The van der Waals surface area contributed by atoms with Crippen molar-refractivity contribution < 1.29 is 23.8 Å². The number of rotatable bonds is 1. The summed E-state index contributed by atoms with van der Waals surface area (Å²) in [4.78, 5) is 24.8. The second-order valence-electron chi connectivity index (χ2n) is 6.25. The van der Waals surface area contributed by atoms with Crippen LogP contribution in [0.15, 0.2) is 0 Å². The van der Waals surface area contributed by atoms with E-state index in [0.29, 0.717) is 26.1 Å². The number of amides is 1. The van der Waals surface area contributed by atoms with Gasteiger partial charge in [-0.2, -0.15) is 0 Å². The molecule has 2 fully saturated rings. The number of methoxy groups -OCH3 is 1. The molecule has 108 valence electrons. The van der Waals surface area contributed by atoms with Gasteiger partial charge in [0.1, 0.15) is 11.2 Å². The summed E-state index contributed by atoms with van der Waals surface area (Å²) in [6.07, 6.45) is 0.280. The molecule has 0 aliphatic carbocycles. The minimum Gasteiger partial charge on any atom is -0.469 e. The normalized spacial score (nSPS) is 25.1. The summed E-state index contributed by atoms with van der Waals surface area (Å²) in [5.74, 6) is -0.460. The Morgan fingerprint density at radius 3 is 2.47 bits per heavy atom. The molecule has 2 heterocycles. The van der Waals surface area contributed by atoms with Crippen molar-refractivity contribution in [1.29, 1.82) is 0 Å². The highest BCUT2D eigenvalue weighted by molar-refractivity contribution is 5.73. The predicted octanol–water partition coefficient (Wildman–Crippen LogP) is 1.19. The first-order valence-corrected chi connectivity index (χ1v) is 6.44. The summed E-state index contributed by atoms with van der Waals surface area (Å²) >= 11 is 0. The van der Waals surface area contributed by atoms with Gasteiger partial charge < -0.3 is 19.1 Å². The van der Waals surface area contributed by atoms with Gasteiger partial charge in [0.2, 0.25) is 0 Å². The summed E-state index contributed by atoms with van der Waals surface area (Å²) in [5, 5.41) is 0. The predicted molar refractivity (Wildman–Crippen MR) is 66.6 cm³/mol. The van der Waals surface area contributed by atoms with E-state index in [2.05, 4.69) is 0 Å². The first kappa shape index (κ1) is 14.1. The number of hydrogen-bond donors (Lipinski definition) is 0. The summed E-state index contributed by atoms with van der Waals surface area (Å²) in [5.41, 5.74) is -0.874. The highest BCUT2D eigenvalue weighted by Gasteiger charge is 2.53.